The zero-order valence-electron chi connectivity index (χ0n) is 14.8. The number of rotatable bonds is 3. The van der Waals surface area contributed by atoms with Crippen LogP contribution in [0.5, 0.6) is 0 Å². The van der Waals surface area contributed by atoms with Gasteiger partial charge in [0.2, 0.25) is 11.6 Å². The third-order valence-electron chi connectivity index (χ3n) is 4.36. The molecule has 0 aliphatic heterocycles. The topological polar surface area (TPSA) is 64.0 Å². The molecule has 5 nitrogen and oxygen atoms in total. The van der Waals surface area contributed by atoms with Crippen molar-refractivity contribution in [1.29, 1.82) is 0 Å². The first-order chi connectivity index (χ1) is 13.1. The molecule has 0 radical (unpaired) electrons. The van der Waals surface area contributed by atoms with Crippen molar-refractivity contribution in [2.45, 2.75) is 26.1 Å². The molecule has 0 saturated carbocycles. The quantitative estimate of drug-likeness (QED) is 0.688. The normalized spacial score (nSPS) is 12.8. The minimum Gasteiger partial charge on any atom is -0.324 e. The smallest absolute Gasteiger partial charge is 0.324 e. The number of carbonyl (C=O) groups is 1. The van der Waals surface area contributed by atoms with Crippen LogP contribution in [0.3, 0.4) is 0 Å². The number of hydrogen-bond donors (Lipinski definition) is 1. The van der Waals surface area contributed by atoms with Gasteiger partial charge >= 0.3 is 6.18 Å². The lowest BCUT2D eigenvalue weighted by Gasteiger charge is -2.20. The number of halogens is 4. The molecule has 0 spiro atoms. The van der Waals surface area contributed by atoms with E-state index in [0.717, 1.165) is 4.57 Å². The fourth-order valence-electron chi connectivity index (χ4n) is 2.82. The Bertz CT molecular complexity index is 1130. The molecule has 1 N–H and O–H groups in total. The fraction of sp³-hybridized carbons (Fsp3) is 0.211. The van der Waals surface area contributed by atoms with Gasteiger partial charge in [0, 0.05) is 10.7 Å². The van der Waals surface area contributed by atoms with Gasteiger partial charge in [-0.05, 0) is 43.7 Å². The maximum Gasteiger partial charge on any atom is 0.438 e. The van der Waals surface area contributed by atoms with Crippen LogP contribution in [0.2, 0.25) is 5.02 Å². The van der Waals surface area contributed by atoms with Crippen molar-refractivity contribution in [3.05, 3.63) is 69.1 Å². The molecule has 0 aliphatic carbocycles. The van der Waals surface area contributed by atoms with Gasteiger partial charge in [0.05, 0.1) is 11.0 Å². The number of aromatic nitrogens is 2. The summed E-state index contributed by atoms with van der Waals surface area (Å²) in [5, 5.41) is 3.04. The summed E-state index contributed by atoms with van der Waals surface area (Å²) in [5.74, 6) is -0.656. The van der Waals surface area contributed by atoms with E-state index >= 15 is 0 Å². The number of alkyl halides is 3. The molecule has 3 rings (SSSR count). The van der Waals surface area contributed by atoms with Crippen molar-refractivity contribution < 1.29 is 18.0 Å². The molecular formula is C19H15ClF3N3O2. The lowest BCUT2D eigenvalue weighted by atomic mass is 10.1. The summed E-state index contributed by atoms with van der Waals surface area (Å²) >= 11 is 6.03. The van der Waals surface area contributed by atoms with E-state index in [9.17, 15) is 22.8 Å². The molecule has 0 aliphatic rings. The Morgan fingerprint density at radius 2 is 1.86 bits per heavy atom. The van der Waals surface area contributed by atoms with E-state index in [1.54, 1.807) is 31.2 Å². The van der Waals surface area contributed by atoms with Gasteiger partial charge in [-0.2, -0.15) is 13.2 Å². The number of amides is 1. The van der Waals surface area contributed by atoms with Gasteiger partial charge in [-0.3, -0.25) is 14.2 Å². The van der Waals surface area contributed by atoms with Crippen LogP contribution in [0, 0.1) is 6.92 Å². The number of nitrogens with one attached hydrogen (secondary N) is 1. The van der Waals surface area contributed by atoms with E-state index in [2.05, 4.69) is 10.3 Å². The summed E-state index contributed by atoms with van der Waals surface area (Å²) < 4.78 is 40.6. The van der Waals surface area contributed by atoms with Gasteiger partial charge in [-0.25, -0.2) is 4.98 Å². The predicted octanol–water partition coefficient (Wildman–Crippen LogP) is 4.58. The number of para-hydroxylation sites is 2. The molecule has 9 heteroatoms. The van der Waals surface area contributed by atoms with Crippen LogP contribution >= 0.6 is 11.6 Å². The molecule has 0 saturated heterocycles. The second-order valence-corrected chi connectivity index (χ2v) is 6.61. The number of fused-ring (bicyclic) bond motifs is 1. The van der Waals surface area contributed by atoms with E-state index in [0.29, 0.717) is 16.3 Å². The third-order valence-corrected chi connectivity index (χ3v) is 4.77. The second-order valence-electron chi connectivity index (χ2n) is 6.20. The Morgan fingerprint density at radius 3 is 2.54 bits per heavy atom. The van der Waals surface area contributed by atoms with Crippen LogP contribution in [0.25, 0.3) is 11.0 Å². The van der Waals surface area contributed by atoms with Gasteiger partial charge in [0.1, 0.15) is 6.04 Å². The second kappa shape index (κ2) is 7.27. The average molecular weight is 410 g/mol. The van der Waals surface area contributed by atoms with Crippen LogP contribution in [0.4, 0.5) is 18.9 Å². The summed E-state index contributed by atoms with van der Waals surface area (Å²) in [6, 6.07) is 9.52. The van der Waals surface area contributed by atoms with Gasteiger partial charge in [-0.15, -0.1) is 0 Å². The minimum atomic E-state index is -4.94. The highest BCUT2D eigenvalue weighted by Crippen LogP contribution is 2.28. The monoisotopic (exact) mass is 409 g/mol. The van der Waals surface area contributed by atoms with Crippen molar-refractivity contribution in [2.24, 2.45) is 0 Å². The SMILES string of the molecule is Cc1c(Cl)cccc1NC(=O)[C@H](C)n1c(=O)c(C(F)(F)F)nc2ccccc21. The number of hydrogen-bond acceptors (Lipinski definition) is 3. The maximum atomic E-state index is 13.3. The molecule has 1 amide bonds. The zero-order chi connectivity index (χ0) is 20.6. The summed E-state index contributed by atoms with van der Waals surface area (Å²) in [7, 11) is 0. The summed E-state index contributed by atoms with van der Waals surface area (Å²) in [6.07, 6.45) is -4.94. The Kier molecular flexibility index (Phi) is 5.16. The molecule has 2 aromatic carbocycles. The first-order valence-corrected chi connectivity index (χ1v) is 8.63. The predicted molar refractivity (Wildman–Crippen MR) is 101 cm³/mol. The molecule has 1 atom stereocenters. The van der Waals surface area contributed by atoms with Gasteiger partial charge < -0.3 is 5.32 Å². The van der Waals surface area contributed by atoms with Crippen molar-refractivity contribution in [1.82, 2.24) is 9.55 Å². The maximum absolute atomic E-state index is 13.3. The molecule has 28 heavy (non-hydrogen) atoms. The van der Waals surface area contributed by atoms with Crippen molar-refractivity contribution in [3.8, 4) is 0 Å². The molecule has 0 bridgehead atoms. The Balaban J connectivity index is 2.11. The summed E-state index contributed by atoms with van der Waals surface area (Å²) in [6.45, 7) is 3.04. The van der Waals surface area contributed by atoms with Crippen molar-refractivity contribution in [3.63, 3.8) is 0 Å². The standard InChI is InChI=1S/C19H15ClF3N3O2/c1-10-12(20)6-5-8-13(10)25-17(27)11(2)26-15-9-4-3-7-14(15)24-16(18(26)28)19(21,22)23/h3-9,11H,1-2H3,(H,25,27)/t11-/m0/s1. The molecule has 3 aromatic rings. The van der Waals surface area contributed by atoms with Crippen molar-refractivity contribution in [2.75, 3.05) is 5.32 Å². The van der Waals surface area contributed by atoms with Gasteiger partial charge in [0.15, 0.2) is 0 Å². The molecular weight excluding hydrogens is 395 g/mol. The van der Waals surface area contributed by atoms with E-state index in [4.69, 9.17) is 11.6 Å². The molecule has 0 fully saturated rings. The molecule has 0 unspecified atom stereocenters. The lowest BCUT2D eigenvalue weighted by Crippen LogP contribution is -2.36. The fourth-order valence-corrected chi connectivity index (χ4v) is 3.00. The Morgan fingerprint density at radius 1 is 1.18 bits per heavy atom. The number of anilines is 1. The highest BCUT2D eigenvalue weighted by Gasteiger charge is 2.38. The first kappa shape index (κ1) is 19.9. The summed E-state index contributed by atoms with van der Waals surface area (Å²) in [4.78, 5) is 28.7. The van der Waals surface area contributed by atoms with Crippen LogP contribution in [-0.4, -0.2) is 15.5 Å². The van der Waals surface area contributed by atoms with E-state index in [-0.39, 0.29) is 11.0 Å². The number of nitrogens with zero attached hydrogens (tertiary/aromatic N) is 2. The highest BCUT2D eigenvalue weighted by atomic mass is 35.5. The van der Waals surface area contributed by atoms with Gasteiger partial charge in [-0.1, -0.05) is 29.8 Å². The molecule has 1 heterocycles. The number of benzene rings is 2. The minimum absolute atomic E-state index is 0.0342. The summed E-state index contributed by atoms with van der Waals surface area (Å²) in [5.41, 5.74) is -1.83. The highest BCUT2D eigenvalue weighted by molar-refractivity contribution is 6.31. The average Bonchev–Trinajstić information content (AvgIpc) is 2.63. The molecule has 146 valence electrons. The van der Waals surface area contributed by atoms with Crippen molar-refractivity contribution >= 4 is 34.2 Å². The Labute approximate surface area is 162 Å². The van der Waals surface area contributed by atoms with Gasteiger partial charge in [0.25, 0.3) is 5.56 Å². The van der Waals surface area contributed by atoms with Crippen LogP contribution in [-0.2, 0) is 11.0 Å². The van der Waals surface area contributed by atoms with Crippen LogP contribution in [0.1, 0.15) is 24.2 Å². The Hall–Kier alpha value is -2.87. The zero-order valence-corrected chi connectivity index (χ0v) is 15.6. The van der Waals surface area contributed by atoms with E-state index in [1.165, 1.54) is 25.1 Å². The van der Waals surface area contributed by atoms with Crippen LogP contribution in [0.15, 0.2) is 47.3 Å². The third kappa shape index (κ3) is 3.60. The largest absolute Gasteiger partial charge is 0.438 e. The van der Waals surface area contributed by atoms with E-state index < -0.39 is 29.4 Å². The lowest BCUT2D eigenvalue weighted by molar-refractivity contribution is -0.142. The van der Waals surface area contributed by atoms with Crippen LogP contribution < -0.4 is 10.9 Å². The first-order valence-electron chi connectivity index (χ1n) is 8.25. The van der Waals surface area contributed by atoms with E-state index in [1.807, 2.05) is 0 Å². The molecule has 1 aromatic heterocycles. The number of carbonyl (C=O) groups excluding carboxylic acids is 1.